The van der Waals surface area contributed by atoms with Gasteiger partial charge in [0.15, 0.2) is 0 Å². The number of hydrogen-bond acceptors (Lipinski definition) is 2. The van der Waals surface area contributed by atoms with E-state index in [-0.39, 0.29) is 0 Å². The lowest BCUT2D eigenvalue weighted by Gasteiger charge is -2.06. The third-order valence-corrected chi connectivity index (χ3v) is 3.49. The summed E-state index contributed by atoms with van der Waals surface area (Å²) in [5.74, 6) is -0.432. The van der Waals surface area contributed by atoms with Crippen molar-refractivity contribution in [1.29, 1.82) is 0 Å². The van der Waals surface area contributed by atoms with E-state index in [1.165, 1.54) is 5.57 Å². The van der Waals surface area contributed by atoms with E-state index in [1.54, 1.807) is 0 Å². The second-order valence-corrected chi connectivity index (χ2v) is 4.86. The van der Waals surface area contributed by atoms with Crippen molar-refractivity contribution in [2.24, 2.45) is 5.73 Å². The SMILES string of the molecule is CC=C(C=CCc1nc2ccccc2cc1C(N)=O)CC. The first kappa shape index (κ1) is 15.0. The van der Waals surface area contributed by atoms with Crippen LogP contribution in [0.1, 0.15) is 36.3 Å². The van der Waals surface area contributed by atoms with Crippen molar-refractivity contribution < 1.29 is 4.79 Å². The van der Waals surface area contributed by atoms with E-state index in [4.69, 9.17) is 5.73 Å². The molecule has 2 N–H and O–H groups in total. The summed E-state index contributed by atoms with van der Waals surface area (Å²) >= 11 is 0. The molecule has 0 unspecified atom stereocenters. The highest BCUT2D eigenvalue weighted by Crippen LogP contribution is 2.17. The molecule has 0 atom stereocenters. The van der Waals surface area contributed by atoms with Gasteiger partial charge < -0.3 is 5.73 Å². The quantitative estimate of drug-likeness (QED) is 0.847. The molecule has 108 valence electrons. The third-order valence-electron chi connectivity index (χ3n) is 3.49. The minimum atomic E-state index is -0.432. The van der Waals surface area contributed by atoms with Crippen LogP contribution >= 0.6 is 0 Å². The molecule has 0 aliphatic rings. The van der Waals surface area contributed by atoms with Gasteiger partial charge in [0.05, 0.1) is 16.8 Å². The summed E-state index contributed by atoms with van der Waals surface area (Å²) in [7, 11) is 0. The molecule has 1 amide bonds. The molecule has 0 fully saturated rings. The molecule has 0 saturated carbocycles. The van der Waals surface area contributed by atoms with E-state index in [2.05, 4.69) is 24.1 Å². The summed E-state index contributed by atoms with van der Waals surface area (Å²) in [5, 5.41) is 0.932. The third kappa shape index (κ3) is 3.57. The van der Waals surface area contributed by atoms with Crippen LogP contribution in [0.5, 0.6) is 0 Å². The van der Waals surface area contributed by atoms with Crippen molar-refractivity contribution >= 4 is 16.8 Å². The molecule has 0 radical (unpaired) electrons. The van der Waals surface area contributed by atoms with Crippen molar-refractivity contribution in [3.63, 3.8) is 0 Å². The molecule has 21 heavy (non-hydrogen) atoms. The van der Waals surface area contributed by atoms with Gasteiger partial charge in [0.25, 0.3) is 5.91 Å². The van der Waals surface area contributed by atoms with Gasteiger partial charge >= 0.3 is 0 Å². The Morgan fingerprint density at radius 1 is 1.33 bits per heavy atom. The number of rotatable bonds is 5. The zero-order chi connectivity index (χ0) is 15.2. The number of pyridine rings is 1. The Labute approximate surface area is 125 Å². The van der Waals surface area contributed by atoms with E-state index < -0.39 is 5.91 Å². The summed E-state index contributed by atoms with van der Waals surface area (Å²) in [6.45, 7) is 4.13. The maximum Gasteiger partial charge on any atom is 0.250 e. The largest absolute Gasteiger partial charge is 0.366 e. The van der Waals surface area contributed by atoms with Gasteiger partial charge in [-0.1, -0.05) is 48.9 Å². The summed E-state index contributed by atoms with van der Waals surface area (Å²) in [4.78, 5) is 16.2. The van der Waals surface area contributed by atoms with Gasteiger partial charge in [0, 0.05) is 11.8 Å². The zero-order valence-electron chi connectivity index (χ0n) is 12.5. The number of benzene rings is 1. The first-order chi connectivity index (χ1) is 10.2. The van der Waals surface area contributed by atoms with Crippen LogP contribution in [0, 0.1) is 0 Å². The Morgan fingerprint density at radius 2 is 2.10 bits per heavy atom. The van der Waals surface area contributed by atoms with Gasteiger partial charge in [0.1, 0.15) is 0 Å². The van der Waals surface area contributed by atoms with Crippen molar-refractivity contribution in [3.8, 4) is 0 Å². The fourth-order valence-corrected chi connectivity index (χ4v) is 2.26. The van der Waals surface area contributed by atoms with Crippen LogP contribution < -0.4 is 5.73 Å². The number of hydrogen-bond donors (Lipinski definition) is 1. The molecule has 3 nitrogen and oxygen atoms in total. The average Bonchev–Trinajstić information content (AvgIpc) is 2.50. The smallest absolute Gasteiger partial charge is 0.250 e. The first-order valence-electron chi connectivity index (χ1n) is 7.16. The zero-order valence-corrected chi connectivity index (χ0v) is 12.5. The second kappa shape index (κ2) is 6.84. The van der Waals surface area contributed by atoms with Crippen LogP contribution in [0.4, 0.5) is 0 Å². The van der Waals surface area contributed by atoms with Crippen LogP contribution in [0.3, 0.4) is 0 Å². The summed E-state index contributed by atoms with van der Waals surface area (Å²) < 4.78 is 0. The molecule has 0 aliphatic heterocycles. The van der Waals surface area contributed by atoms with E-state index in [1.807, 2.05) is 43.3 Å². The van der Waals surface area contributed by atoms with Gasteiger partial charge in [-0.25, -0.2) is 0 Å². The Morgan fingerprint density at radius 3 is 2.76 bits per heavy atom. The standard InChI is InChI=1S/C18H20N2O/c1-3-13(4-2)8-7-11-17-15(18(19)21)12-14-9-5-6-10-16(14)20-17/h3,5-10,12H,4,11H2,1-2H3,(H2,19,21). The van der Waals surface area contributed by atoms with Gasteiger partial charge in [-0.2, -0.15) is 0 Å². The number of nitrogens with zero attached hydrogens (tertiary/aromatic N) is 1. The predicted octanol–water partition coefficient (Wildman–Crippen LogP) is 3.79. The fraction of sp³-hybridized carbons (Fsp3) is 0.222. The lowest BCUT2D eigenvalue weighted by atomic mass is 10.1. The molecular weight excluding hydrogens is 260 g/mol. The lowest BCUT2D eigenvalue weighted by molar-refractivity contribution is 0.0999. The lowest BCUT2D eigenvalue weighted by Crippen LogP contribution is -2.14. The molecule has 0 spiro atoms. The first-order valence-corrected chi connectivity index (χ1v) is 7.16. The number of para-hydroxylation sites is 1. The minimum Gasteiger partial charge on any atom is -0.366 e. The predicted molar refractivity (Wildman–Crippen MR) is 87.2 cm³/mol. The van der Waals surface area contributed by atoms with E-state index in [0.29, 0.717) is 12.0 Å². The van der Waals surface area contributed by atoms with Gasteiger partial charge in [-0.05, 0) is 25.5 Å². The molecule has 1 heterocycles. The van der Waals surface area contributed by atoms with E-state index in [9.17, 15) is 4.79 Å². The maximum absolute atomic E-state index is 11.6. The molecule has 1 aromatic heterocycles. The van der Waals surface area contributed by atoms with Gasteiger partial charge in [-0.3, -0.25) is 9.78 Å². The van der Waals surface area contributed by atoms with Crippen molar-refractivity contribution in [3.05, 3.63) is 65.4 Å². The molecule has 0 bridgehead atoms. The molecule has 0 aliphatic carbocycles. The maximum atomic E-state index is 11.6. The highest BCUT2D eigenvalue weighted by Gasteiger charge is 2.10. The van der Waals surface area contributed by atoms with Crippen molar-refractivity contribution in [2.45, 2.75) is 26.7 Å². The molecule has 2 rings (SSSR count). The van der Waals surface area contributed by atoms with E-state index in [0.717, 1.165) is 23.0 Å². The summed E-state index contributed by atoms with van der Waals surface area (Å²) in [6.07, 6.45) is 7.77. The Balaban J connectivity index is 2.37. The van der Waals surface area contributed by atoms with E-state index >= 15 is 0 Å². The van der Waals surface area contributed by atoms with Crippen molar-refractivity contribution in [1.82, 2.24) is 4.98 Å². The molecular formula is C18H20N2O. The highest BCUT2D eigenvalue weighted by atomic mass is 16.1. The number of allylic oxidation sites excluding steroid dienone is 4. The number of primary amides is 1. The second-order valence-electron chi connectivity index (χ2n) is 4.86. The molecule has 0 saturated heterocycles. The molecule has 3 heteroatoms. The monoisotopic (exact) mass is 280 g/mol. The van der Waals surface area contributed by atoms with Gasteiger partial charge in [0.2, 0.25) is 0 Å². The van der Waals surface area contributed by atoms with Gasteiger partial charge in [-0.15, -0.1) is 0 Å². The van der Waals surface area contributed by atoms with Crippen LogP contribution in [-0.2, 0) is 6.42 Å². The average molecular weight is 280 g/mol. The molecule has 2 aromatic rings. The number of fused-ring (bicyclic) bond motifs is 1. The number of amides is 1. The summed E-state index contributed by atoms with van der Waals surface area (Å²) in [6, 6.07) is 9.56. The minimum absolute atomic E-state index is 0.432. The number of carbonyl (C=O) groups excluding carboxylic acids is 1. The normalized spacial score (nSPS) is 12.2. The summed E-state index contributed by atoms with van der Waals surface area (Å²) in [5.41, 5.74) is 8.84. The van der Waals surface area contributed by atoms with Crippen LogP contribution in [0.25, 0.3) is 10.9 Å². The Bertz CT molecular complexity index is 714. The van der Waals surface area contributed by atoms with Crippen molar-refractivity contribution in [2.75, 3.05) is 0 Å². The van der Waals surface area contributed by atoms with Crippen LogP contribution in [0.2, 0.25) is 0 Å². The molecule has 1 aromatic carbocycles. The van der Waals surface area contributed by atoms with Crippen LogP contribution in [-0.4, -0.2) is 10.9 Å². The highest BCUT2D eigenvalue weighted by molar-refractivity contribution is 5.97. The van der Waals surface area contributed by atoms with Crippen LogP contribution in [0.15, 0.2) is 54.1 Å². The number of nitrogens with two attached hydrogens (primary N) is 1. The Hall–Kier alpha value is -2.42. The number of carbonyl (C=O) groups is 1. The fourth-order valence-electron chi connectivity index (χ4n) is 2.26. The number of aromatic nitrogens is 1. The Kier molecular flexibility index (Phi) is 4.88. The topological polar surface area (TPSA) is 56.0 Å².